The predicted molar refractivity (Wildman–Crippen MR) is 157 cm³/mol. The van der Waals surface area contributed by atoms with E-state index in [0.29, 0.717) is 12.8 Å². The number of halogens is 2. The zero-order valence-corrected chi connectivity index (χ0v) is 25.2. The van der Waals surface area contributed by atoms with Gasteiger partial charge in [0.1, 0.15) is 11.9 Å². The summed E-state index contributed by atoms with van der Waals surface area (Å²) in [6, 6.07) is 8.79. The first-order valence-electron chi connectivity index (χ1n) is 13.7. The molecule has 224 valence electrons. The fourth-order valence-corrected chi connectivity index (χ4v) is 6.30. The van der Waals surface area contributed by atoms with Crippen LogP contribution in [-0.4, -0.2) is 41.5 Å². The van der Waals surface area contributed by atoms with Crippen LogP contribution >= 0.6 is 0 Å². The number of carbonyl (C=O) groups excluding carboxylic acids is 1. The summed E-state index contributed by atoms with van der Waals surface area (Å²) in [5.74, 6) is -2.40. The average molecular weight is 608 g/mol. The molecule has 0 radical (unpaired) electrons. The number of fused-ring (bicyclic) bond motifs is 1. The lowest BCUT2D eigenvalue weighted by Gasteiger charge is -2.31. The van der Waals surface area contributed by atoms with Crippen LogP contribution < -0.4 is 5.32 Å². The number of aromatic nitrogens is 3. The van der Waals surface area contributed by atoms with Crippen molar-refractivity contribution in [2.24, 2.45) is 5.41 Å². The molecule has 12 heteroatoms. The van der Waals surface area contributed by atoms with Gasteiger partial charge in [0.25, 0.3) is 10.0 Å². The molecule has 5 rings (SSSR count). The third-order valence-electron chi connectivity index (χ3n) is 7.64. The number of aryl methyl sites for hydroxylation is 1. The van der Waals surface area contributed by atoms with Gasteiger partial charge in [0.15, 0.2) is 17.3 Å². The van der Waals surface area contributed by atoms with Gasteiger partial charge in [0.05, 0.1) is 35.9 Å². The molecule has 9 nitrogen and oxygen atoms in total. The zero-order chi connectivity index (χ0) is 31.3. The Bertz CT molecular complexity index is 1890. The predicted octanol–water partition coefficient (Wildman–Crippen LogP) is 6.06. The fourth-order valence-electron chi connectivity index (χ4n) is 4.98. The Morgan fingerprint density at radius 3 is 2.49 bits per heavy atom. The highest BCUT2D eigenvalue weighted by Gasteiger charge is 2.36. The molecule has 1 aromatic carbocycles. The summed E-state index contributed by atoms with van der Waals surface area (Å²) in [4.78, 5) is 20.8. The average Bonchev–Trinajstić information content (AvgIpc) is 3.72. The number of nitrogens with one attached hydrogen (secondary N) is 1. The Morgan fingerprint density at radius 2 is 1.91 bits per heavy atom. The number of methoxy groups -OCH3 is 1. The fraction of sp³-hybridized carbons (Fsp3) is 0.355. The van der Waals surface area contributed by atoms with E-state index in [1.807, 2.05) is 27.7 Å². The maximum atomic E-state index is 16.1. The molecule has 0 saturated heterocycles. The monoisotopic (exact) mass is 607 g/mol. The highest BCUT2D eigenvalue weighted by molar-refractivity contribution is 7.90. The molecule has 0 bridgehead atoms. The molecule has 4 aromatic rings. The van der Waals surface area contributed by atoms with Gasteiger partial charge >= 0.3 is 5.97 Å². The van der Waals surface area contributed by atoms with Crippen LogP contribution in [0.1, 0.15) is 62.6 Å². The molecule has 1 saturated carbocycles. The van der Waals surface area contributed by atoms with E-state index in [-0.39, 0.29) is 56.5 Å². The first-order valence-corrected chi connectivity index (χ1v) is 15.2. The third-order valence-corrected chi connectivity index (χ3v) is 9.30. The van der Waals surface area contributed by atoms with Crippen LogP contribution in [-0.2, 0) is 19.6 Å². The molecule has 1 atom stereocenters. The number of pyridine rings is 2. The number of esters is 1. The number of hydrogen-bond acceptors (Lipinski definition) is 8. The van der Waals surface area contributed by atoms with Crippen molar-refractivity contribution in [1.29, 1.82) is 5.26 Å². The van der Waals surface area contributed by atoms with E-state index in [4.69, 9.17) is 4.74 Å². The summed E-state index contributed by atoms with van der Waals surface area (Å²) in [5, 5.41) is 13.4. The molecule has 43 heavy (non-hydrogen) atoms. The maximum Gasteiger partial charge on any atom is 0.307 e. The summed E-state index contributed by atoms with van der Waals surface area (Å²) in [5.41, 5.74) is 0.400. The smallest absolute Gasteiger partial charge is 0.307 e. The van der Waals surface area contributed by atoms with Crippen molar-refractivity contribution < 1.29 is 26.7 Å². The van der Waals surface area contributed by atoms with Gasteiger partial charge in [-0.1, -0.05) is 38.5 Å². The quantitative estimate of drug-likeness (QED) is 0.240. The second-order valence-electron chi connectivity index (χ2n) is 11.8. The Labute approximate surface area is 248 Å². The van der Waals surface area contributed by atoms with E-state index in [0.717, 1.165) is 21.8 Å². The van der Waals surface area contributed by atoms with Gasteiger partial charge in [-0.25, -0.2) is 31.1 Å². The second-order valence-corrected chi connectivity index (χ2v) is 13.6. The van der Waals surface area contributed by atoms with Gasteiger partial charge in [0.2, 0.25) is 0 Å². The van der Waals surface area contributed by atoms with Crippen LogP contribution in [0.2, 0.25) is 0 Å². The lowest BCUT2D eigenvalue weighted by molar-refractivity contribution is -0.141. The molecule has 1 fully saturated rings. The number of anilines is 1. The molecule has 0 spiro atoms. The Hall–Kier alpha value is -4.37. The van der Waals surface area contributed by atoms with Crippen molar-refractivity contribution in [2.75, 3.05) is 12.4 Å². The van der Waals surface area contributed by atoms with Crippen molar-refractivity contribution >= 4 is 32.8 Å². The van der Waals surface area contributed by atoms with E-state index in [2.05, 4.69) is 21.4 Å². The minimum atomic E-state index is -4.21. The van der Waals surface area contributed by atoms with E-state index in [9.17, 15) is 22.9 Å². The third kappa shape index (κ3) is 5.69. The van der Waals surface area contributed by atoms with Gasteiger partial charge in [-0.3, -0.25) is 4.79 Å². The molecule has 3 aromatic heterocycles. The van der Waals surface area contributed by atoms with Gasteiger partial charge in [-0.05, 0) is 49.3 Å². The van der Waals surface area contributed by atoms with E-state index < -0.39 is 39.1 Å². The summed E-state index contributed by atoms with van der Waals surface area (Å²) in [7, 11) is -2.95. The Morgan fingerprint density at radius 1 is 1.23 bits per heavy atom. The summed E-state index contributed by atoms with van der Waals surface area (Å²) < 4.78 is 64.0. The number of ether oxygens (including phenoxy) is 1. The van der Waals surface area contributed by atoms with Crippen LogP contribution in [0.5, 0.6) is 0 Å². The van der Waals surface area contributed by atoms with Crippen LogP contribution in [0.25, 0.3) is 22.3 Å². The van der Waals surface area contributed by atoms with Gasteiger partial charge in [0, 0.05) is 28.8 Å². The van der Waals surface area contributed by atoms with Gasteiger partial charge < -0.3 is 10.1 Å². The van der Waals surface area contributed by atoms with Crippen molar-refractivity contribution in [3.05, 3.63) is 71.1 Å². The first kappa shape index (κ1) is 30.1. The molecule has 1 N–H and O–H groups in total. The van der Waals surface area contributed by atoms with Crippen LogP contribution in [0, 0.1) is 35.3 Å². The summed E-state index contributed by atoms with van der Waals surface area (Å²) >= 11 is 0. The van der Waals surface area contributed by atoms with Crippen LogP contribution in [0.3, 0.4) is 0 Å². The molecule has 0 amide bonds. The first-order chi connectivity index (χ1) is 20.3. The highest BCUT2D eigenvalue weighted by atomic mass is 32.2. The van der Waals surface area contributed by atoms with E-state index in [1.54, 1.807) is 12.1 Å². The normalized spacial score (nSPS) is 14.4. The van der Waals surface area contributed by atoms with Crippen LogP contribution in [0.4, 0.5) is 14.6 Å². The molecule has 1 aliphatic rings. The van der Waals surface area contributed by atoms with Gasteiger partial charge in [-0.2, -0.15) is 5.26 Å². The minimum absolute atomic E-state index is 0.0166. The van der Waals surface area contributed by atoms with Gasteiger partial charge in [-0.15, -0.1) is 0 Å². The largest absolute Gasteiger partial charge is 0.469 e. The van der Waals surface area contributed by atoms with E-state index in [1.165, 1.54) is 25.4 Å². The van der Waals surface area contributed by atoms with E-state index >= 15 is 4.39 Å². The summed E-state index contributed by atoms with van der Waals surface area (Å²) in [6.45, 7) is 7.44. The second kappa shape index (κ2) is 11.0. The maximum absolute atomic E-state index is 16.1. The van der Waals surface area contributed by atoms with Crippen LogP contribution in [0.15, 0.2) is 47.6 Å². The molecule has 1 aliphatic carbocycles. The molecule has 1 unspecified atom stereocenters. The standard InChI is InChI=1S/C31H31F2N5O4S/c1-17-6-10-20(11-7-17)43(40,41)38-16-23(21-12-19(32)15-35-30(21)38)28-22(14-34)26(18-8-9-18)27(33)29(37-28)36-24(31(2,3)4)13-25(39)42-5/h6-7,10-12,15-16,18,24H,8-9,13H2,1-5H3,(H,36,37). The molecule has 3 heterocycles. The Balaban J connectivity index is 1.77. The topological polar surface area (TPSA) is 127 Å². The number of carbonyl (C=O) groups is 1. The number of benzene rings is 1. The SMILES string of the molecule is COC(=O)CC(Nc1nc(-c2cn(S(=O)(=O)c3ccc(C)cc3)c3ncc(F)cc23)c(C#N)c(C2CC2)c1F)C(C)(C)C. The number of rotatable bonds is 8. The minimum Gasteiger partial charge on any atom is -0.469 e. The molecule has 0 aliphatic heterocycles. The number of nitrogens with zero attached hydrogens (tertiary/aromatic N) is 4. The highest BCUT2D eigenvalue weighted by Crippen LogP contribution is 2.47. The van der Waals surface area contributed by atoms with Crippen molar-refractivity contribution in [3.8, 4) is 17.3 Å². The number of nitriles is 1. The Kier molecular flexibility index (Phi) is 7.73. The molecular weight excluding hydrogens is 576 g/mol. The lowest BCUT2D eigenvalue weighted by atomic mass is 9.84. The van der Waals surface area contributed by atoms with Crippen molar-refractivity contribution in [1.82, 2.24) is 13.9 Å². The lowest BCUT2D eigenvalue weighted by Crippen LogP contribution is -2.37. The molecular formula is C31H31F2N5O4S. The zero-order valence-electron chi connectivity index (χ0n) is 24.4. The van der Waals surface area contributed by atoms with Crippen molar-refractivity contribution in [2.45, 2.75) is 63.8 Å². The van der Waals surface area contributed by atoms with Crippen molar-refractivity contribution in [3.63, 3.8) is 0 Å². The summed E-state index contributed by atoms with van der Waals surface area (Å²) in [6.07, 6.45) is 3.36. The number of hydrogen-bond donors (Lipinski definition) is 1.